The molecule has 0 spiro atoms. The summed E-state index contributed by atoms with van der Waals surface area (Å²) in [4.78, 5) is -1.09. The van der Waals surface area contributed by atoms with E-state index in [1.165, 1.54) is 36.4 Å². The van der Waals surface area contributed by atoms with Crippen molar-refractivity contribution < 1.29 is 25.9 Å². The lowest BCUT2D eigenvalue weighted by atomic mass is 10.1. The van der Waals surface area contributed by atoms with Crippen LogP contribution in [0, 0.1) is 0 Å². The molecule has 2 rings (SSSR count). The van der Waals surface area contributed by atoms with Crippen molar-refractivity contribution in [1.82, 2.24) is 0 Å². The fraction of sp³-hybridized carbons (Fsp3) is 0. The Bertz CT molecular complexity index is 1030. The van der Waals surface area contributed by atoms with Crippen LogP contribution in [0.2, 0.25) is 0 Å². The highest BCUT2D eigenvalue weighted by molar-refractivity contribution is 7.86. The molecule has 0 heterocycles. The maximum Gasteiger partial charge on any atom is 0.126 e. The van der Waals surface area contributed by atoms with Crippen LogP contribution < -0.4 is 11.5 Å². The Labute approximate surface area is 138 Å². The van der Waals surface area contributed by atoms with Crippen LogP contribution in [0.1, 0.15) is 11.1 Å². The molecule has 0 aliphatic rings. The molecule has 0 aromatic heterocycles. The maximum absolute atomic E-state index is 11.3. The first kappa shape index (κ1) is 17.9. The highest BCUT2D eigenvalue weighted by Crippen LogP contribution is 2.23. The predicted molar refractivity (Wildman–Crippen MR) is 86.6 cm³/mol. The van der Waals surface area contributed by atoms with Gasteiger partial charge in [0, 0.05) is 11.4 Å². The van der Waals surface area contributed by atoms with Gasteiger partial charge in [0.2, 0.25) is 0 Å². The predicted octanol–water partition coefficient (Wildman–Crippen LogP) is 0.830. The van der Waals surface area contributed by atoms with E-state index in [-0.39, 0.29) is 22.5 Å². The molecule has 0 radical (unpaired) electrons. The highest BCUT2D eigenvalue weighted by Gasteiger charge is 2.09. The van der Waals surface area contributed by atoms with Crippen LogP contribution >= 0.6 is 0 Å². The number of hydrogen-bond acceptors (Lipinski definition) is 8. The second-order valence-corrected chi connectivity index (χ2v) is 7.53. The fourth-order valence-corrected chi connectivity index (χ4v) is 3.30. The summed E-state index contributed by atoms with van der Waals surface area (Å²) in [5.41, 5.74) is 11.2. The topological polar surface area (TPSA) is 166 Å². The first-order valence-corrected chi connectivity index (χ1v) is 9.19. The maximum atomic E-state index is 11.3. The summed E-state index contributed by atoms with van der Waals surface area (Å²) in [6.45, 7) is 0. The van der Waals surface area contributed by atoms with Gasteiger partial charge in [-0.15, -0.1) is 0 Å². The minimum absolute atomic E-state index is 0.0718. The number of benzene rings is 2. The van der Waals surface area contributed by atoms with Crippen LogP contribution in [0.3, 0.4) is 0 Å². The van der Waals surface area contributed by atoms with E-state index in [0.717, 1.165) is 12.1 Å². The average Bonchev–Trinajstić information content (AvgIpc) is 2.45. The van der Waals surface area contributed by atoms with Crippen LogP contribution in [0.25, 0.3) is 12.2 Å². The van der Waals surface area contributed by atoms with Gasteiger partial charge in [0.05, 0.1) is 9.79 Å². The standard InChI is InChI=1S/C14H14N2O6S2/c15-11-5-4-10(13(8-11)23(17,18)19)3-1-9-2-6-12(16)14(7-9)24(20,21)22/h1-8H,15-16H2,(H,17,18,19)(H,20,21,22)/p-2/b3-1+. The zero-order valence-corrected chi connectivity index (χ0v) is 13.7. The lowest BCUT2D eigenvalue weighted by Crippen LogP contribution is -2.03. The van der Waals surface area contributed by atoms with Gasteiger partial charge in [-0.2, -0.15) is 0 Å². The van der Waals surface area contributed by atoms with E-state index >= 15 is 0 Å². The van der Waals surface area contributed by atoms with Crippen molar-refractivity contribution in [2.24, 2.45) is 0 Å². The summed E-state index contributed by atoms with van der Waals surface area (Å²) in [6, 6.07) is 7.49. The number of hydrogen-bond donors (Lipinski definition) is 2. The minimum Gasteiger partial charge on any atom is -0.744 e. The van der Waals surface area contributed by atoms with E-state index in [1.54, 1.807) is 0 Å². The van der Waals surface area contributed by atoms with Gasteiger partial charge < -0.3 is 20.6 Å². The zero-order chi connectivity index (χ0) is 18.1. The molecule has 0 unspecified atom stereocenters. The largest absolute Gasteiger partial charge is 0.744 e. The Hall–Kier alpha value is -2.40. The van der Waals surface area contributed by atoms with Crippen molar-refractivity contribution >= 4 is 43.8 Å². The number of rotatable bonds is 4. The smallest absolute Gasteiger partial charge is 0.126 e. The third-order valence-corrected chi connectivity index (χ3v) is 4.85. The van der Waals surface area contributed by atoms with Crippen LogP contribution in [0.5, 0.6) is 0 Å². The Morgan fingerprint density at radius 1 is 0.792 bits per heavy atom. The monoisotopic (exact) mass is 368 g/mol. The molecular weight excluding hydrogens is 356 g/mol. The van der Waals surface area contributed by atoms with Gasteiger partial charge in [-0.3, -0.25) is 0 Å². The second kappa shape index (κ2) is 6.24. The zero-order valence-electron chi connectivity index (χ0n) is 12.0. The van der Waals surface area contributed by atoms with Crippen molar-refractivity contribution in [2.75, 3.05) is 11.5 Å². The van der Waals surface area contributed by atoms with Crippen molar-refractivity contribution in [3.63, 3.8) is 0 Å². The van der Waals surface area contributed by atoms with Crippen LogP contribution in [-0.4, -0.2) is 25.9 Å². The van der Waals surface area contributed by atoms with Gasteiger partial charge in [-0.1, -0.05) is 24.3 Å². The van der Waals surface area contributed by atoms with Gasteiger partial charge in [-0.05, 0) is 35.4 Å². The first-order chi connectivity index (χ1) is 11.0. The van der Waals surface area contributed by atoms with Crippen LogP contribution in [0.15, 0.2) is 46.2 Å². The van der Waals surface area contributed by atoms with E-state index in [2.05, 4.69) is 0 Å². The SMILES string of the molecule is Nc1ccc(/C=C/c2ccc(N)c(S(=O)(=O)[O-])c2)c(S(=O)(=O)[O-])c1. The Kier molecular flexibility index (Phi) is 4.67. The van der Waals surface area contributed by atoms with Crippen molar-refractivity contribution in [3.05, 3.63) is 47.5 Å². The molecule has 128 valence electrons. The minimum atomic E-state index is -4.75. The van der Waals surface area contributed by atoms with E-state index in [9.17, 15) is 25.9 Å². The molecule has 8 nitrogen and oxygen atoms in total. The van der Waals surface area contributed by atoms with Gasteiger partial charge in [0.15, 0.2) is 0 Å². The van der Waals surface area contributed by atoms with E-state index in [1.807, 2.05) is 0 Å². The van der Waals surface area contributed by atoms with Crippen LogP contribution in [0.4, 0.5) is 11.4 Å². The molecule has 0 fully saturated rings. The third-order valence-electron chi connectivity index (χ3n) is 3.07. The molecule has 0 saturated carbocycles. The molecule has 0 saturated heterocycles. The lowest BCUT2D eigenvalue weighted by Gasteiger charge is -2.12. The number of anilines is 2. The highest BCUT2D eigenvalue weighted by atomic mass is 32.2. The first-order valence-electron chi connectivity index (χ1n) is 6.37. The van der Waals surface area contributed by atoms with Gasteiger partial charge in [-0.25, -0.2) is 16.8 Å². The van der Waals surface area contributed by atoms with E-state index in [0.29, 0.717) is 0 Å². The van der Waals surface area contributed by atoms with E-state index < -0.39 is 30.0 Å². The quantitative estimate of drug-likeness (QED) is 0.454. The lowest BCUT2D eigenvalue weighted by molar-refractivity contribution is 0.461. The van der Waals surface area contributed by atoms with Gasteiger partial charge in [0.1, 0.15) is 20.2 Å². The average molecular weight is 368 g/mol. The van der Waals surface area contributed by atoms with Crippen molar-refractivity contribution in [3.8, 4) is 0 Å². The molecular formula is C14H12N2O6S2-2. The van der Waals surface area contributed by atoms with Gasteiger partial charge >= 0.3 is 0 Å². The van der Waals surface area contributed by atoms with Crippen molar-refractivity contribution in [1.29, 1.82) is 0 Å². The Morgan fingerprint density at radius 2 is 1.42 bits per heavy atom. The summed E-state index contributed by atoms with van der Waals surface area (Å²) in [7, 11) is -9.49. The molecule has 0 amide bonds. The second-order valence-electron chi connectivity index (χ2n) is 4.84. The Morgan fingerprint density at radius 3 is 2.00 bits per heavy atom. The summed E-state index contributed by atoms with van der Waals surface area (Å²) >= 11 is 0. The third kappa shape index (κ3) is 4.11. The van der Waals surface area contributed by atoms with E-state index in [4.69, 9.17) is 11.5 Å². The summed E-state index contributed by atoms with van der Waals surface area (Å²) in [6.07, 6.45) is 2.63. The molecule has 0 bridgehead atoms. The summed E-state index contributed by atoms with van der Waals surface area (Å²) in [5, 5.41) is 0. The molecule has 4 N–H and O–H groups in total. The molecule has 0 aliphatic carbocycles. The molecule has 24 heavy (non-hydrogen) atoms. The fourth-order valence-electron chi connectivity index (χ4n) is 1.96. The molecule has 10 heteroatoms. The van der Waals surface area contributed by atoms with Gasteiger partial charge in [0.25, 0.3) is 0 Å². The number of nitrogen functional groups attached to an aromatic ring is 2. The molecule has 0 aliphatic heterocycles. The Balaban J connectivity index is 2.50. The summed E-state index contributed by atoms with van der Waals surface area (Å²) in [5.74, 6) is 0. The molecule has 2 aromatic carbocycles. The molecule has 2 aromatic rings. The number of nitrogens with two attached hydrogens (primary N) is 2. The van der Waals surface area contributed by atoms with Crippen molar-refractivity contribution in [2.45, 2.75) is 9.79 Å². The van der Waals surface area contributed by atoms with Crippen LogP contribution in [-0.2, 0) is 20.2 Å². The normalized spacial score (nSPS) is 12.6. The summed E-state index contributed by atoms with van der Waals surface area (Å²) < 4.78 is 67.1. The molecule has 0 atom stereocenters.